The molecule has 1 atom stereocenters. The summed E-state index contributed by atoms with van der Waals surface area (Å²) >= 11 is 1.50. The van der Waals surface area contributed by atoms with Crippen LogP contribution in [0.4, 0.5) is 0 Å². The van der Waals surface area contributed by atoms with Crippen molar-refractivity contribution in [1.29, 1.82) is 0 Å². The molecule has 0 aromatic heterocycles. The number of carbonyl (C=O) groups is 2. The smallest absolute Gasteiger partial charge is 0.279 e. The minimum absolute atomic E-state index is 0.233. The van der Waals surface area contributed by atoms with Crippen LogP contribution >= 0.6 is 11.8 Å². The van der Waals surface area contributed by atoms with Crippen molar-refractivity contribution in [2.75, 3.05) is 5.75 Å². The number of rotatable bonds is 1. The summed E-state index contributed by atoms with van der Waals surface area (Å²) in [4.78, 5) is 27.5. The number of fused-ring (bicyclic) bond motifs is 1. The number of Topliss-reactive ketones (excluding diaryl/α,β-unsaturated/α-hetero) is 1. The van der Waals surface area contributed by atoms with Crippen molar-refractivity contribution in [2.24, 2.45) is 22.4 Å². The summed E-state index contributed by atoms with van der Waals surface area (Å²) in [6.07, 6.45) is 4.85. The molecule has 4 N–H and O–H groups in total. The summed E-state index contributed by atoms with van der Waals surface area (Å²) in [5, 5.41) is 0. The molecule has 1 saturated heterocycles. The van der Waals surface area contributed by atoms with E-state index in [4.69, 9.17) is 11.5 Å². The minimum Gasteiger partial charge on any atom is -0.370 e. The molecule has 1 unspecified atom stereocenters. The average molecular weight is 251 g/mol. The summed E-state index contributed by atoms with van der Waals surface area (Å²) in [6, 6.07) is 0. The van der Waals surface area contributed by atoms with Crippen LogP contribution in [0.15, 0.2) is 27.6 Å². The molecule has 0 aromatic carbocycles. The second-order valence-corrected chi connectivity index (χ2v) is 5.06. The third-order valence-corrected chi connectivity index (χ3v) is 3.92. The Bertz CT molecular complexity index is 461. The second kappa shape index (κ2) is 4.75. The maximum absolute atomic E-state index is 11.6. The van der Waals surface area contributed by atoms with Crippen LogP contribution in [0, 0.1) is 5.92 Å². The number of allylic oxidation sites excluding steroid dienone is 2. The predicted molar refractivity (Wildman–Crippen MR) is 67.2 cm³/mol. The van der Waals surface area contributed by atoms with Gasteiger partial charge in [0.15, 0.2) is 5.96 Å². The van der Waals surface area contributed by atoms with Gasteiger partial charge in [0.25, 0.3) is 5.91 Å². The molecule has 2 aliphatic rings. The molecule has 1 amide bonds. The Labute approximate surface area is 103 Å². The first-order chi connectivity index (χ1) is 8.06. The van der Waals surface area contributed by atoms with E-state index in [1.54, 1.807) is 12.2 Å². The molecule has 0 bridgehead atoms. The lowest BCUT2D eigenvalue weighted by Crippen LogP contribution is -2.25. The van der Waals surface area contributed by atoms with Crippen molar-refractivity contribution in [1.82, 2.24) is 0 Å². The van der Waals surface area contributed by atoms with E-state index in [9.17, 15) is 9.59 Å². The highest BCUT2D eigenvalue weighted by molar-refractivity contribution is 8.03. The number of amides is 1. The molecule has 5 nitrogen and oxygen atoms in total. The summed E-state index contributed by atoms with van der Waals surface area (Å²) < 4.78 is 0. The zero-order valence-corrected chi connectivity index (χ0v) is 10.00. The Morgan fingerprint density at radius 1 is 1.47 bits per heavy atom. The van der Waals surface area contributed by atoms with Crippen molar-refractivity contribution in [3.05, 3.63) is 22.6 Å². The summed E-state index contributed by atoms with van der Waals surface area (Å²) in [7, 11) is 0. The third kappa shape index (κ3) is 2.76. The first-order valence-electron chi connectivity index (χ1n) is 5.26. The molecule has 2 rings (SSSR count). The molecule has 0 aromatic rings. The van der Waals surface area contributed by atoms with Gasteiger partial charge in [-0.3, -0.25) is 9.59 Å². The van der Waals surface area contributed by atoms with Crippen molar-refractivity contribution in [3.63, 3.8) is 0 Å². The largest absolute Gasteiger partial charge is 0.370 e. The number of ketones is 1. The molecule has 0 spiro atoms. The topological polar surface area (TPSA) is 98.5 Å². The quantitative estimate of drug-likeness (QED) is 0.516. The van der Waals surface area contributed by atoms with Gasteiger partial charge in [0.1, 0.15) is 5.78 Å². The maximum Gasteiger partial charge on any atom is 0.279 e. The molecule has 0 radical (unpaired) electrons. The molecule has 0 saturated carbocycles. The van der Waals surface area contributed by atoms with Crippen molar-refractivity contribution in [2.45, 2.75) is 12.8 Å². The number of thioether (sulfide) groups is 1. The minimum atomic E-state index is -0.423. The van der Waals surface area contributed by atoms with Gasteiger partial charge >= 0.3 is 0 Å². The van der Waals surface area contributed by atoms with Crippen LogP contribution in [0.1, 0.15) is 12.8 Å². The van der Waals surface area contributed by atoms with Gasteiger partial charge in [-0.1, -0.05) is 6.08 Å². The second-order valence-electron chi connectivity index (χ2n) is 4.01. The molecular weight excluding hydrogens is 238 g/mol. The SMILES string of the molecule is NC(N)=NC(=O)C1=CCC2CC(=O)CSC2=C1. The molecule has 6 heteroatoms. The highest BCUT2D eigenvalue weighted by Crippen LogP contribution is 2.38. The van der Waals surface area contributed by atoms with E-state index in [1.807, 2.05) is 0 Å². The number of guanidine groups is 1. The Morgan fingerprint density at radius 3 is 2.94 bits per heavy atom. The Morgan fingerprint density at radius 2 is 2.24 bits per heavy atom. The van der Waals surface area contributed by atoms with Gasteiger partial charge in [0.2, 0.25) is 0 Å². The lowest BCUT2D eigenvalue weighted by atomic mass is 9.91. The van der Waals surface area contributed by atoms with Crippen molar-refractivity contribution < 1.29 is 9.59 Å². The first kappa shape index (κ1) is 11.9. The number of hydrogen-bond acceptors (Lipinski definition) is 3. The monoisotopic (exact) mass is 251 g/mol. The van der Waals surface area contributed by atoms with Gasteiger partial charge < -0.3 is 11.5 Å². The van der Waals surface area contributed by atoms with Crippen LogP contribution < -0.4 is 11.5 Å². The fraction of sp³-hybridized carbons (Fsp3) is 0.364. The van der Waals surface area contributed by atoms with E-state index in [0.29, 0.717) is 24.2 Å². The van der Waals surface area contributed by atoms with E-state index >= 15 is 0 Å². The van der Waals surface area contributed by atoms with Gasteiger partial charge in [0.05, 0.1) is 5.75 Å². The Kier molecular flexibility index (Phi) is 3.33. The molecule has 1 fully saturated rings. The summed E-state index contributed by atoms with van der Waals surface area (Å²) in [5.41, 5.74) is 10.8. The standard InChI is InChI=1S/C11H13N3O2S/c12-11(13)14-10(16)7-2-1-6-3-8(15)5-17-9(6)4-7/h2,4,6H,1,3,5H2,(H4,12,13,14,16). The van der Waals surface area contributed by atoms with E-state index in [0.717, 1.165) is 4.91 Å². The van der Waals surface area contributed by atoms with Crippen LogP contribution in [0.5, 0.6) is 0 Å². The Balaban J connectivity index is 2.15. The zero-order chi connectivity index (χ0) is 12.4. The zero-order valence-electron chi connectivity index (χ0n) is 9.18. The Hall–Kier alpha value is -1.56. The van der Waals surface area contributed by atoms with E-state index in [1.165, 1.54) is 11.8 Å². The van der Waals surface area contributed by atoms with Crippen molar-refractivity contribution in [3.8, 4) is 0 Å². The maximum atomic E-state index is 11.6. The lowest BCUT2D eigenvalue weighted by Gasteiger charge is -2.26. The van der Waals surface area contributed by atoms with Crippen LogP contribution in [0.2, 0.25) is 0 Å². The first-order valence-corrected chi connectivity index (χ1v) is 6.25. The molecular formula is C11H13N3O2S. The van der Waals surface area contributed by atoms with Gasteiger partial charge in [-0.05, 0) is 17.4 Å². The van der Waals surface area contributed by atoms with Crippen LogP contribution in [-0.2, 0) is 9.59 Å². The molecule has 1 aliphatic carbocycles. The van der Waals surface area contributed by atoms with Crippen LogP contribution in [0.25, 0.3) is 0 Å². The van der Waals surface area contributed by atoms with Gasteiger partial charge in [-0.15, -0.1) is 11.8 Å². The van der Waals surface area contributed by atoms with Gasteiger partial charge in [0, 0.05) is 17.9 Å². The van der Waals surface area contributed by atoms with Crippen LogP contribution in [-0.4, -0.2) is 23.4 Å². The molecule has 90 valence electrons. The van der Waals surface area contributed by atoms with Gasteiger partial charge in [-0.25, -0.2) is 0 Å². The number of aliphatic imine (C=N–C) groups is 1. The van der Waals surface area contributed by atoms with E-state index in [2.05, 4.69) is 4.99 Å². The van der Waals surface area contributed by atoms with E-state index < -0.39 is 5.91 Å². The highest BCUT2D eigenvalue weighted by Gasteiger charge is 2.27. The highest BCUT2D eigenvalue weighted by atomic mass is 32.2. The summed E-state index contributed by atoms with van der Waals surface area (Å²) in [6.45, 7) is 0. The predicted octanol–water partition coefficient (Wildman–Crippen LogP) is 0.323. The molecule has 1 heterocycles. The summed E-state index contributed by atoms with van der Waals surface area (Å²) in [5.74, 6) is 0.337. The number of hydrogen-bond donors (Lipinski definition) is 2. The fourth-order valence-corrected chi connectivity index (χ4v) is 2.96. The normalized spacial score (nSPS) is 23.3. The average Bonchev–Trinajstić information content (AvgIpc) is 2.27. The lowest BCUT2D eigenvalue weighted by molar-refractivity contribution is -0.117. The number of carbonyl (C=O) groups excluding carboxylic acids is 2. The van der Waals surface area contributed by atoms with Crippen molar-refractivity contribution >= 4 is 29.4 Å². The number of nitrogens with zero attached hydrogens (tertiary/aromatic N) is 1. The fourth-order valence-electron chi connectivity index (χ4n) is 1.89. The van der Waals surface area contributed by atoms with Crippen LogP contribution in [0.3, 0.4) is 0 Å². The molecule has 1 aliphatic heterocycles. The van der Waals surface area contributed by atoms with Gasteiger partial charge in [-0.2, -0.15) is 4.99 Å². The third-order valence-electron chi connectivity index (χ3n) is 2.67. The van der Waals surface area contributed by atoms with E-state index in [-0.39, 0.29) is 17.7 Å². The number of nitrogens with two attached hydrogens (primary N) is 2. The molecule has 17 heavy (non-hydrogen) atoms.